The molecule has 1 aromatic rings. The number of amides is 1. The van der Waals surface area contributed by atoms with Crippen molar-refractivity contribution in [3.05, 3.63) is 18.2 Å². The van der Waals surface area contributed by atoms with Crippen molar-refractivity contribution in [1.29, 1.82) is 0 Å². The van der Waals surface area contributed by atoms with Crippen molar-refractivity contribution >= 4 is 5.91 Å². The lowest BCUT2D eigenvalue weighted by atomic mass is 10.4. The van der Waals surface area contributed by atoms with Gasteiger partial charge in [0.1, 0.15) is 12.4 Å². The molecular weight excluding hydrogens is 190 g/mol. The molecule has 1 heterocycles. The van der Waals surface area contributed by atoms with Gasteiger partial charge in [0, 0.05) is 31.9 Å². The van der Waals surface area contributed by atoms with Crippen molar-refractivity contribution < 1.29 is 4.79 Å². The van der Waals surface area contributed by atoms with Gasteiger partial charge in [-0.25, -0.2) is 4.98 Å². The SMILES string of the molecule is CCc1nccn1CC(=O)N(C)C1CC1. The van der Waals surface area contributed by atoms with Crippen LogP contribution in [-0.2, 0) is 17.8 Å². The summed E-state index contributed by atoms with van der Waals surface area (Å²) in [7, 11) is 1.89. The van der Waals surface area contributed by atoms with Crippen LogP contribution >= 0.6 is 0 Å². The summed E-state index contributed by atoms with van der Waals surface area (Å²) in [4.78, 5) is 17.9. The Morgan fingerprint density at radius 3 is 3.00 bits per heavy atom. The fraction of sp³-hybridized carbons (Fsp3) is 0.636. The third-order valence-electron chi connectivity index (χ3n) is 2.91. The average molecular weight is 207 g/mol. The Morgan fingerprint density at radius 2 is 2.40 bits per heavy atom. The maximum Gasteiger partial charge on any atom is 0.242 e. The Kier molecular flexibility index (Phi) is 2.75. The van der Waals surface area contributed by atoms with E-state index in [-0.39, 0.29) is 5.91 Å². The second-order valence-electron chi connectivity index (χ2n) is 4.06. The zero-order valence-electron chi connectivity index (χ0n) is 9.31. The van der Waals surface area contributed by atoms with Gasteiger partial charge in [0.05, 0.1) is 0 Å². The molecule has 0 unspecified atom stereocenters. The van der Waals surface area contributed by atoms with Gasteiger partial charge in [-0.3, -0.25) is 4.79 Å². The second kappa shape index (κ2) is 4.04. The van der Waals surface area contributed by atoms with Crippen LogP contribution < -0.4 is 0 Å². The van der Waals surface area contributed by atoms with Crippen molar-refractivity contribution in [2.24, 2.45) is 0 Å². The highest BCUT2D eigenvalue weighted by molar-refractivity contribution is 5.76. The highest BCUT2D eigenvalue weighted by Gasteiger charge is 2.29. The normalized spacial score (nSPS) is 15.3. The molecule has 1 aliphatic rings. The van der Waals surface area contributed by atoms with Gasteiger partial charge >= 0.3 is 0 Å². The number of aromatic nitrogens is 2. The molecule has 4 heteroatoms. The molecule has 82 valence electrons. The van der Waals surface area contributed by atoms with Crippen molar-refractivity contribution in [3.63, 3.8) is 0 Å². The number of imidazole rings is 1. The van der Waals surface area contributed by atoms with Crippen molar-refractivity contribution in [2.75, 3.05) is 7.05 Å². The van der Waals surface area contributed by atoms with Gasteiger partial charge in [0.2, 0.25) is 5.91 Å². The molecule has 1 aromatic heterocycles. The molecule has 0 aromatic carbocycles. The molecule has 2 rings (SSSR count). The molecule has 0 radical (unpaired) electrons. The van der Waals surface area contributed by atoms with E-state index in [9.17, 15) is 4.79 Å². The van der Waals surface area contributed by atoms with E-state index in [4.69, 9.17) is 0 Å². The van der Waals surface area contributed by atoms with E-state index in [1.807, 2.05) is 29.6 Å². The zero-order chi connectivity index (χ0) is 10.8. The molecule has 1 amide bonds. The van der Waals surface area contributed by atoms with Gasteiger partial charge in [-0.1, -0.05) is 6.92 Å². The number of carbonyl (C=O) groups excluding carboxylic acids is 1. The van der Waals surface area contributed by atoms with E-state index in [1.165, 1.54) is 0 Å². The summed E-state index contributed by atoms with van der Waals surface area (Å²) in [5, 5.41) is 0. The van der Waals surface area contributed by atoms with Crippen LogP contribution in [-0.4, -0.2) is 33.4 Å². The highest BCUT2D eigenvalue weighted by atomic mass is 16.2. The Morgan fingerprint density at radius 1 is 1.67 bits per heavy atom. The number of rotatable bonds is 4. The number of nitrogens with zero attached hydrogens (tertiary/aromatic N) is 3. The summed E-state index contributed by atoms with van der Waals surface area (Å²) in [6.45, 7) is 2.48. The van der Waals surface area contributed by atoms with Crippen LogP contribution in [0.25, 0.3) is 0 Å². The first-order chi connectivity index (χ1) is 7.22. The first-order valence-electron chi connectivity index (χ1n) is 5.48. The Hall–Kier alpha value is -1.32. The lowest BCUT2D eigenvalue weighted by Crippen LogP contribution is -2.32. The molecular formula is C11H17N3O. The topological polar surface area (TPSA) is 38.1 Å². The minimum Gasteiger partial charge on any atom is -0.341 e. The number of carbonyl (C=O) groups is 1. The smallest absolute Gasteiger partial charge is 0.242 e. The fourth-order valence-electron chi connectivity index (χ4n) is 1.72. The third kappa shape index (κ3) is 2.19. The van der Waals surface area contributed by atoms with Gasteiger partial charge in [-0.15, -0.1) is 0 Å². The number of hydrogen-bond acceptors (Lipinski definition) is 2. The molecule has 1 saturated carbocycles. The Labute approximate surface area is 89.9 Å². The number of likely N-dealkylation sites (N-methyl/N-ethyl adjacent to an activating group) is 1. The van der Waals surface area contributed by atoms with Crippen LogP contribution in [0.4, 0.5) is 0 Å². The van der Waals surface area contributed by atoms with Gasteiger partial charge in [-0.05, 0) is 12.8 Å². The van der Waals surface area contributed by atoms with Gasteiger partial charge in [0.15, 0.2) is 0 Å². The standard InChI is InChI=1S/C11H17N3O/c1-3-10-12-6-7-14(10)8-11(15)13(2)9-4-5-9/h6-7,9H,3-5,8H2,1-2H3. The van der Waals surface area contributed by atoms with Crippen LogP contribution in [0.5, 0.6) is 0 Å². The van der Waals surface area contributed by atoms with E-state index in [2.05, 4.69) is 4.98 Å². The molecule has 15 heavy (non-hydrogen) atoms. The summed E-state index contributed by atoms with van der Waals surface area (Å²) in [6, 6.07) is 0.492. The molecule has 0 bridgehead atoms. The van der Waals surface area contributed by atoms with Crippen LogP contribution in [0.3, 0.4) is 0 Å². The zero-order valence-corrected chi connectivity index (χ0v) is 9.31. The molecule has 1 fully saturated rings. The van der Waals surface area contributed by atoms with E-state index in [0.717, 1.165) is 25.1 Å². The number of aryl methyl sites for hydroxylation is 1. The average Bonchev–Trinajstić information content (AvgIpc) is 2.99. The number of hydrogen-bond donors (Lipinski definition) is 0. The van der Waals surface area contributed by atoms with Crippen molar-refractivity contribution in [1.82, 2.24) is 14.5 Å². The van der Waals surface area contributed by atoms with Crippen LogP contribution in [0, 0.1) is 0 Å². The van der Waals surface area contributed by atoms with Crippen LogP contribution in [0.1, 0.15) is 25.6 Å². The quantitative estimate of drug-likeness (QED) is 0.740. The third-order valence-corrected chi connectivity index (χ3v) is 2.91. The van der Waals surface area contributed by atoms with E-state index >= 15 is 0 Å². The first-order valence-corrected chi connectivity index (χ1v) is 5.48. The molecule has 1 aliphatic carbocycles. The molecule has 0 spiro atoms. The summed E-state index contributed by atoms with van der Waals surface area (Å²) in [5.41, 5.74) is 0. The summed E-state index contributed by atoms with van der Waals surface area (Å²) < 4.78 is 1.93. The van der Waals surface area contributed by atoms with Gasteiger partial charge in [0.25, 0.3) is 0 Å². The Bertz CT molecular complexity index is 354. The van der Waals surface area contributed by atoms with Gasteiger partial charge < -0.3 is 9.47 Å². The lowest BCUT2D eigenvalue weighted by molar-refractivity contribution is -0.131. The minimum absolute atomic E-state index is 0.185. The molecule has 4 nitrogen and oxygen atoms in total. The minimum atomic E-state index is 0.185. The second-order valence-corrected chi connectivity index (χ2v) is 4.06. The highest BCUT2D eigenvalue weighted by Crippen LogP contribution is 2.25. The Balaban J connectivity index is 1.98. The summed E-state index contributed by atoms with van der Waals surface area (Å²) >= 11 is 0. The summed E-state index contributed by atoms with van der Waals surface area (Å²) in [6.07, 6.45) is 6.81. The molecule has 0 saturated heterocycles. The van der Waals surface area contributed by atoms with E-state index in [1.54, 1.807) is 6.20 Å². The lowest BCUT2D eigenvalue weighted by Gasteiger charge is -2.17. The molecule has 0 atom stereocenters. The summed E-state index contributed by atoms with van der Waals surface area (Å²) in [5.74, 6) is 1.16. The molecule has 0 aliphatic heterocycles. The van der Waals surface area contributed by atoms with Crippen molar-refractivity contribution in [2.45, 2.75) is 38.8 Å². The predicted octanol–water partition coefficient (Wildman–Crippen LogP) is 1.07. The molecule has 0 N–H and O–H groups in total. The van der Waals surface area contributed by atoms with Gasteiger partial charge in [-0.2, -0.15) is 0 Å². The van der Waals surface area contributed by atoms with E-state index < -0.39 is 0 Å². The maximum absolute atomic E-state index is 11.8. The predicted molar refractivity (Wildman–Crippen MR) is 57.4 cm³/mol. The monoisotopic (exact) mass is 207 g/mol. The van der Waals surface area contributed by atoms with E-state index in [0.29, 0.717) is 12.6 Å². The largest absolute Gasteiger partial charge is 0.341 e. The van der Waals surface area contributed by atoms with Crippen LogP contribution in [0.2, 0.25) is 0 Å². The van der Waals surface area contributed by atoms with Crippen molar-refractivity contribution in [3.8, 4) is 0 Å². The fourth-order valence-corrected chi connectivity index (χ4v) is 1.72. The maximum atomic E-state index is 11.8. The van der Waals surface area contributed by atoms with Crippen LogP contribution in [0.15, 0.2) is 12.4 Å². The first kappa shape index (κ1) is 10.2.